The van der Waals surface area contributed by atoms with Crippen LogP contribution in [0.2, 0.25) is 5.02 Å². The van der Waals surface area contributed by atoms with E-state index < -0.39 is 11.0 Å². The summed E-state index contributed by atoms with van der Waals surface area (Å²) in [6.45, 7) is 2.34. The standard InChI is InChI=1S/C17H18ClN3O4/c1-11(19-10-12-4-3-5-13(18)8-12)17(22)20-15-9-14(21(23)24)6-7-16(15)25-2/h3-9,11,19H,10H2,1-2H3,(H,20,22)/p+1/t11-/m1/s1. The molecule has 0 fully saturated rings. The molecule has 0 aliphatic carbocycles. The van der Waals surface area contributed by atoms with Gasteiger partial charge in [-0.1, -0.05) is 23.7 Å². The van der Waals surface area contributed by atoms with E-state index >= 15 is 0 Å². The van der Waals surface area contributed by atoms with Gasteiger partial charge in [0.05, 0.1) is 17.7 Å². The second-order valence-electron chi connectivity index (χ2n) is 5.49. The van der Waals surface area contributed by atoms with Gasteiger partial charge in [0.1, 0.15) is 12.3 Å². The molecular formula is C17H19ClN3O4+. The van der Waals surface area contributed by atoms with Crippen LogP contribution in [-0.2, 0) is 11.3 Å². The number of amides is 1. The molecule has 8 heteroatoms. The Morgan fingerprint density at radius 1 is 1.36 bits per heavy atom. The zero-order chi connectivity index (χ0) is 18.4. The Labute approximate surface area is 150 Å². The Balaban J connectivity index is 2.03. The maximum atomic E-state index is 12.4. The first-order valence-electron chi connectivity index (χ1n) is 7.61. The minimum atomic E-state index is -0.524. The van der Waals surface area contributed by atoms with Crippen molar-refractivity contribution in [2.24, 2.45) is 0 Å². The van der Waals surface area contributed by atoms with Crippen LogP contribution in [0.5, 0.6) is 5.75 Å². The van der Waals surface area contributed by atoms with Gasteiger partial charge in [-0.05, 0) is 25.1 Å². The molecule has 132 valence electrons. The van der Waals surface area contributed by atoms with E-state index in [1.807, 2.05) is 23.5 Å². The molecule has 2 aromatic carbocycles. The fraction of sp³-hybridized carbons (Fsp3) is 0.235. The van der Waals surface area contributed by atoms with Gasteiger partial charge in [-0.15, -0.1) is 0 Å². The Bertz CT molecular complexity index is 782. The van der Waals surface area contributed by atoms with Crippen molar-refractivity contribution < 1.29 is 19.8 Å². The van der Waals surface area contributed by atoms with Gasteiger partial charge in [0.15, 0.2) is 6.04 Å². The molecule has 0 unspecified atom stereocenters. The SMILES string of the molecule is COc1ccc([N+](=O)[O-])cc1NC(=O)[C@@H](C)[NH2+]Cc1cccc(Cl)c1. The number of anilines is 1. The second-order valence-corrected chi connectivity index (χ2v) is 5.93. The van der Waals surface area contributed by atoms with Crippen molar-refractivity contribution >= 4 is 28.9 Å². The molecule has 0 saturated carbocycles. The minimum Gasteiger partial charge on any atom is -0.495 e. The third-order valence-corrected chi connectivity index (χ3v) is 3.90. The molecular weight excluding hydrogens is 346 g/mol. The Morgan fingerprint density at radius 3 is 2.76 bits per heavy atom. The summed E-state index contributed by atoms with van der Waals surface area (Å²) in [6, 6.07) is 11.1. The van der Waals surface area contributed by atoms with Crippen molar-refractivity contribution in [1.29, 1.82) is 0 Å². The van der Waals surface area contributed by atoms with Gasteiger partial charge in [0.2, 0.25) is 0 Å². The number of carbonyl (C=O) groups excluding carboxylic acids is 1. The fourth-order valence-electron chi connectivity index (χ4n) is 2.24. The lowest BCUT2D eigenvalue weighted by Gasteiger charge is -2.13. The summed E-state index contributed by atoms with van der Waals surface area (Å²) in [5.74, 6) is 0.0850. The predicted octanol–water partition coefficient (Wildman–Crippen LogP) is 2.35. The third-order valence-electron chi connectivity index (χ3n) is 3.66. The largest absolute Gasteiger partial charge is 0.495 e. The van der Waals surface area contributed by atoms with Crippen LogP contribution in [0.4, 0.5) is 11.4 Å². The van der Waals surface area contributed by atoms with Crippen LogP contribution in [0.15, 0.2) is 42.5 Å². The van der Waals surface area contributed by atoms with Crippen LogP contribution in [0.1, 0.15) is 12.5 Å². The lowest BCUT2D eigenvalue weighted by atomic mass is 10.2. The molecule has 0 saturated heterocycles. The smallest absolute Gasteiger partial charge is 0.282 e. The zero-order valence-corrected chi connectivity index (χ0v) is 14.6. The summed E-state index contributed by atoms with van der Waals surface area (Å²) in [5.41, 5.74) is 1.15. The van der Waals surface area contributed by atoms with Crippen LogP contribution in [0, 0.1) is 10.1 Å². The molecule has 1 amide bonds. The molecule has 2 rings (SSSR count). The number of halogens is 1. The van der Waals surface area contributed by atoms with E-state index in [4.69, 9.17) is 16.3 Å². The highest BCUT2D eigenvalue weighted by molar-refractivity contribution is 6.30. The third kappa shape index (κ3) is 5.17. The molecule has 0 bridgehead atoms. The predicted molar refractivity (Wildman–Crippen MR) is 94.8 cm³/mol. The number of nitro groups is 1. The average molecular weight is 365 g/mol. The first-order valence-corrected chi connectivity index (χ1v) is 7.99. The van der Waals surface area contributed by atoms with E-state index in [1.165, 1.54) is 25.3 Å². The molecule has 0 radical (unpaired) electrons. The lowest BCUT2D eigenvalue weighted by molar-refractivity contribution is -0.688. The number of hydrogen-bond acceptors (Lipinski definition) is 4. The van der Waals surface area contributed by atoms with Crippen molar-refractivity contribution in [1.82, 2.24) is 0 Å². The molecule has 0 spiro atoms. The van der Waals surface area contributed by atoms with Gasteiger partial charge in [-0.3, -0.25) is 14.9 Å². The van der Waals surface area contributed by atoms with Gasteiger partial charge in [0.25, 0.3) is 11.6 Å². The van der Waals surface area contributed by atoms with Crippen LogP contribution in [0.3, 0.4) is 0 Å². The second kappa shape index (κ2) is 8.46. The number of carbonyl (C=O) groups is 1. The van der Waals surface area contributed by atoms with Crippen LogP contribution >= 0.6 is 11.6 Å². The topological polar surface area (TPSA) is 98.1 Å². The molecule has 3 N–H and O–H groups in total. The maximum Gasteiger partial charge on any atom is 0.282 e. The number of nitrogens with one attached hydrogen (secondary N) is 1. The van der Waals surface area contributed by atoms with Crippen molar-refractivity contribution in [2.75, 3.05) is 12.4 Å². The molecule has 2 aromatic rings. The first-order chi connectivity index (χ1) is 11.9. The monoisotopic (exact) mass is 364 g/mol. The Hall–Kier alpha value is -2.64. The molecule has 25 heavy (non-hydrogen) atoms. The van der Waals surface area contributed by atoms with E-state index in [-0.39, 0.29) is 17.3 Å². The normalized spacial score (nSPS) is 11.6. The average Bonchev–Trinajstić information content (AvgIpc) is 2.59. The summed E-state index contributed by atoms with van der Waals surface area (Å²) in [6.07, 6.45) is 0. The molecule has 0 heterocycles. The number of methoxy groups -OCH3 is 1. The van der Waals surface area contributed by atoms with Gasteiger partial charge in [-0.2, -0.15) is 0 Å². The number of nitrogens with two attached hydrogens (primary N) is 1. The molecule has 0 aliphatic rings. The fourth-order valence-corrected chi connectivity index (χ4v) is 2.45. The van der Waals surface area contributed by atoms with Crippen LogP contribution in [0.25, 0.3) is 0 Å². The molecule has 0 aromatic heterocycles. The van der Waals surface area contributed by atoms with Crippen molar-refractivity contribution in [3.8, 4) is 5.75 Å². The van der Waals surface area contributed by atoms with Crippen LogP contribution in [-0.4, -0.2) is 24.0 Å². The van der Waals surface area contributed by atoms with Gasteiger partial charge in [-0.25, -0.2) is 0 Å². The summed E-state index contributed by atoms with van der Waals surface area (Å²) in [7, 11) is 1.44. The van der Waals surface area contributed by atoms with Crippen molar-refractivity contribution in [2.45, 2.75) is 19.5 Å². The number of benzene rings is 2. The van der Waals surface area contributed by atoms with Gasteiger partial charge >= 0.3 is 0 Å². The zero-order valence-electron chi connectivity index (χ0n) is 13.9. The highest BCUT2D eigenvalue weighted by Crippen LogP contribution is 2.28. The number of ether oxygens (including phenoxy) is 1. The van der Waals surface area contributed by atoms with Crippen molar-refractivity contribution in [3.05, 3.63) is 63.2 Å². The summed E-state index contributed by atoms with van der Waals surface area (Å²) >= 11 is 5.94. The van der Waals surface area contributed by atoms with Gasteiger partial charge in [0, 0.05) is 22.7 Å². The number of hydrogen-bond donors (Lipinski definition) is 2. The summed E-state index contributed by atoms with van der Waals surface area (Å²) < 4.78 is 5.14. The van der Waals surface area contributed by atoms with E-state index in [1.54, 1.807) is 13.0 Å². The summed E-state index contributed by atoms with van der Waals surface area (Å²) in [4.78, 5) is 22.7. The number of nitrogens with zero attached hydrogens (tertiary/aromatic N) is 1. The molecule has 0 aliphatic heterocycles. The van der Waals surface area contributed by atoms with E-state index in [0.717, 1.165) is 5.56 Å². The quantitative estimate of drug-likeness (QED) is 0.582. The van der Waals surface area contributed by atoms with E-state index in [0.29, 0.717) is 17.3 Å². The Morgan fingerprint density at radius 2 is 2.12 bits per heavy atom. The van der Waals surface area contributed by atoms with E-state index in [9.17, 15) is 14.9 Å². The molecule has 1 atom stereocenters. The number of non-ortho nitro benzene ring substituents is 1. The number of rotatable bonds is 7. The lowest BCUT2D eigenvalue weighted by Crippen LogP contribution is -2.90. The Kier molecular flexibility index (Phi) is 6.32. The first kappa shape index (κ1) is 18.7. The highest BCUT2D eigenvalue weighted by Gasteiger charge is 2.19. The van der Waals surface area contributed by atoms with Crippen LogP contribution < -0.4 is 15.4 Å². The van der Waals surface area contributed by atoms with Crippen molar-refractivity contribution in [3.63, 3.8) is 0 Å². The molecule has 7 nitrogen and oxygen atoms in total. The van der Waals surface area contributed by atoms with Gasteiger partial charge < -0.3 is 15.4 Å². The number of quaternary nitrogens is 1. The summed E-state index contributed by atoms with van der Waals surface area (Å²) in [5, 5.41) is 16.1. The maximum absolute atomic E-state index is 12.4. The minimum absolute atomic E-state index is 0.119. The van der Waals surface area contributed by atoms with E-state index in [2.05, 4.69) is 5.32 Å². The number of nitro benzene ring substituents is 1. The highest BCUT2D eigenvalue weighted by atomic mass is 35.5.